The highest BCUT2D eigenvalue weighted by Gasteiger charge is 2.27. The number of para-hydroxylation sites is 1. The molecular weight excluding hydrogens is 386 g/mol. The van der Waals surface area contributed by atoms with E-state index in [0.717, 1.165) is 51.9 Å². The van der Waals surface area contributed by atoms with E-state index in [0.29, 0.717) is 17.7 Å². The summed E-state index contributed by atoms with van der Waals surface area (Å²) in [4.78, 5) is 18.3. The van der Waals surface area contributed by atoms with Crippen molar-refractivity contribution in [3.05, 3.63) is 54.0 Å². The minimum Gasteiger partial charge on any atom is -0.361 e. The maximum atomic E-state index is 12.9. The zero-order valence-corrected chi connectivity index (χ0v) is 17.3. The molecule has 2 aliphatic rings. The van der Waals surface area contributed by atoms with Crippen molar-refractivity contribution in [1.82, 2.24) is 25.0 Å². The molecule has 1 unspecified atom stereocenters. The van der Waals surface area contributed by atoms with Crippen LogP contribution in [0.1, 0.15) is 53.7 Å². The van der Waals surface area contributed by atoms with E-state index in [1.807, 2.05) is 21.8 Å². The molecule has 154 valence electrons. The highest BCUT2D eigenvalue weighted by atomic mass is 35.5. The van der Waals surface area contributed by atoms with Gasteiger partial charge in [0.05, 0.1) is 6.04 Å². The maximum absolute atomic E-state index is 12.9. The summed E-state index contributed by atoms with van der Waals surface area (Å²) in [7, 11) is 0. The number of aromatic nitrogens is 3. The zero-order valence-electron chi connectivity index (χ0n) is 16.5. The molecule has 5 rings (SSSR count). The fourth-order valence-corrected chi connectivity index (χ4v) is 4.70. The minimum absolute atomic E-state index is 0. The van der Waals surface area contributed by atoms with Crippen LogP contribution in [0.15, 0.2) is 42.7 Å². The number of nitrogens with one attached hydrogen (secondary N) is 2. The Labute approximate surface area is 177 Å². The second kappa shape index (κ2) is 8.59. The van der Waals surface area contributed by atoms with E-state index < -0.39 is 0 Å². The van der Waals surface area contributed by atoms with Crippen LogP contribution in [0.25, 0.3) is 10.9 Å². The monoisotopic (exact) mass is 413 g/mol. The molecule has 2 aliphatic heterocycles. The molecular formula is C22H28ClN5O. The number of benzene rings is 1. The summed E-state index contributed by atoms with van der Waals surface area (Å²) in [5.41, 5.74) is 3.16. The van der Waals surface area contributed by atoms with Crippen molar-refractivity contribution < 1.29 is 4.79 Å². The molecule has 2 aromatic heterocycles. The molecule has 0 radical (unpaired) electrons. The Bertz CT molecular complexity index is 966. The van der Waals surface area contributed by atoms with Gasteiger partial charge in [-0.3, -0.25) is 9.48 Å². The van der Waals surface area contributed by atoms with Crippen LogP contribution in [0.5, 0.6) is 0 Å². The van der Waals surface area contributed by atoms with Gasteiger partial charge in [0.25, 0.3) is 5.91 Å². The van der Waals surface area contributed by atoms with Crippen LogP contribution in [-0.4, -0.2) is 51.8 Å². The quantitative estimate of drug-likeness (QED) is 0.687. The third kappa shape index (κ3) is 3.91. The van der Waals surface area contributed by atoms with Crippen LogP contribution in [0.2, 0.25) is 0 Å². The highest BCUT2D eigenvalue weighted by Crippen LogP contribution is 2.33. The fraction of sp³-hybridized carbons (Fsp3) is 0.455. The van der Waals surface area contributed by atoms with E-state index in [1.165, 1.54) is 16.5 Å². The Hall–Kier alpha value is -2.31. The molecule has 2 fully saturated rings. The fourth-order valence-electron chi connectivity index (χ4n) is 4.70. The Morgan fingerprint density at radius 1 is 1.10 bits per heavy atom. The van der Waals surface area contributed by atoms with Gasteiger partial charge in [0.15, 0.2) is 0 Å². The highest BCUT2D eigenvalue weighted by molar-refractivity contribution is 5.92. The van der Waals surface area contributed by atoms with Gasteiger partial charge in [-0.1, -0.05) is 18.2 Å². The van der Waals surface area contributed by atoms with Gasteiger partial charge in [0.1, 0.15) is 5.69 Å². The lowest BCUT2D eigenvalue weighted by Crippen LogP contribution is -2.38. The lowest BCUT2D eigenvalue weighted by atomic mass is 9.89. The zero-order chi connectivity index (χ0) is 18.9. The second-order valence-corrected chi connectivity index (χ2v) is 8.04. The normalized spacial score (nSPS) is 20.6. The number of piperidine rings is 2. The molecule has 1 atom stereocenters. The number of amides is 1. The first kappa shape index (κ1) is 20.0. The van der Waals surface area contributed by atoms with Gasteiger partial charge in [0.2, 0.25) is 0 Å². The first-order chi connectivity index (χ1) is 13.8. The van der Waals surface area contributed by atoms with Gasteiger partial charge in [-0.05, 0) is 55.8 Å². The van der Waals surface area contributed by atoms with Gasteiger partial charge in [-0.25, -0.2) is 0 Å². The maximum Gasteiger partial charge on any atom is 0.274 e. The second-order valence-electron chi connectivity index (χ2n) is 8.04. The van der Waals surface area contributed by atoms with Crippen molar-refractivity contribution in [3.63, 3.8) is 0 Å². The molecule has 2 N–H and O–H groups in total. The minimum atomic E-state index is 0. The first-order valence-corrected chi connectivity index (χ1v) is 10.4. The molecule has 0 spiro atoms. The molecule has 6 nitrogen and oxygen atoms in total. The molecule has 29 heavy (non-hydrogen) atoms. The summed E-state index contributed by atoms with van der Waals surface area (Å²) < 4.78 is 1.97. The standard InChI is InChI=1S/C22H27N5O.ClH/c28-22(21-9-13-27(25-21)17-4-3-10-23-14-17)26-11-7-16(8-12-26)19-15-24-20-6-2-1-5-18(19)20;/h1-2,5-6,9,13,15-17,23-24H,3-4,7-8,10-12,14H2;1H. The number of hydrogen-bond acceptors (Lipinski definition) is 3. The Morgan fingerprint density at radius 3 is 2.72 bits per heavy atom. The van der Waals surface area contributed by atoms with E-state index in [-0.39, 0.29) is 18.3 Å². The molecule has 0 bridgehead atoms. The van der Waals surface area contributed by atoms with E-state index in [2.05, 4.69) is 45.9 Å². The number of aromatic amines is 1. The molecule has 3 aromatic rings. The van der Waals surface area contributed by atoms with Crippen molar-refractivity contribution in [2.75, 3.05) is 26.2 Å². The third-order valence-electron chi connectivity index (χ3n) is 6.32. The Morgan fingerprint density at radius 2 is 1.93 bits per heavy atom. The molecule has 0 saturated carbocycles. The summed E-state index contributed by atoms with van der Waals surface area (Å²) in [6.45, 7) is 3.60. The molecule has 4 heterocycles. The number of H-pyrrole nitrogens is 1. The predicted molar refractivity (Wildman–Crippen MR) is 117 cm³/mol. The van der Waals surface area contributed by atoms with Crippen LogP contribution in [-0.2, 0) is 0 Å². The van der Waals surface area contributed by atoms with E-state index in [9.17, 15) is 4.79 Å². The molecule has 7 heteroatoms. The number of hydrogen-bond donors (Lipinski definition) is 2. The summed E-state index contributed by atoms with van der Waals surface area (Å²) in [5, 5.41) is 9.32. The smallest absolute Gasteiger partial charge is 0.274 e. The number of fused-ring (bicyclic) bond motifs is 1. The van der Waals surface area contributed by atoms with Crippen molar-refractivity contribution in [3.8, 4) is 0 Å². The third-order valence-corrected chi connectivity index (χ3v) is 6.32. The van der Waals surface area contributed by atoms with Gasteiger partial charge in [-0.2, -0.15) is 5.10 Å². The van der Waals surface area contributed by atoms with Crippen LogP contribution in [0.3, 0.4) is 0 Å². The summed E-state index contributed by atoms with van der Waals surface area (Å²) in [6, 6.07) is 10.7. The largest absolute Gasteiger partial charge is 0.361 e. The number of rotatable bonds is 3. The summed E-state index contributed by atoms with van der Waals surface area (Å²) in [5.74, 6) is 0.575. The van der Waals surface area contributed by atoms with Gasteiger partial charge in [0, 0.05) is 42.9 Å². The predicted octanol–water partition coefficient (Wildman–Crippen LogP) is 3.73. The van der Waals surface area contributed by atoms with Crippen molar-refractivity contribution in [2.45, 2.75) is 37.6 Å². The van der Waals surface area contributed by atoms with Crippen LogP contribution in [0, 0.1) is 0 Å². The number of carbonyl (C=O) groups excluding carboxylic acids is 1. The number of carbonyl (C=O) groups is 1. The first-order valence-electron chi connectivity index (χ1n) is 10.4. The molecule has 0 aliphatic carbocycles. The number of nitrogens with zero attached hydrogens (tertiary/aromatic N) is 3. The average Bonchev–Trinajstić information content (AvgIpc) is 3.42. The summed E-state index contributed by atoms with van der Waals surface area (Å²) in [6.07, 6.45) is 8.39. The number of halogens is 1. The van der Waals surface area contributed by atoms with Crippen molar-refractivity contribution in [2.24, 2.45) is 0 Å². The lowest BCUT2D eigenvalue weighted by Gasteiger charge is -2.31. The Kier molecular flexibility index (Phi) is 5.92. The van der Waals surface area contributed by atoms with Gasteiger partial charge < -0.3 is 15.2 Å². The van der Waals surface area contributed by atoms with Gasteiger partial charge >= 0.3 is 0 Å². The number of likely N-dealkylation sites (tertiary alicyclic amines) is 1. The SMILES string of the molecule is Cl.O=C(c1ccn(C2CCCNC2)n1)N1CCC(c2c[nH]c3ccccc23)CC1. The van der Waals surface area contributed by atoms with E-state index in [4.69, 9.17) is 0 Å². The molecule has 2 saturated heterocycles. The van der Waals surface area contributed by atoms with Crippen molar-refractivity contribution in [1.29, 1.82) is 0 Å². The molecule has 1 amide bonds. The van der Waals surface area contributed by atoms with Gasteiger partial charge in [-0.15, -0.1) is 12.4 Å². The van der Waals surface area contributed by atoms with E-state index in [1.54, 1.807) is 0 Å². The molecule has 1 aromatic carbocycles. The lowest BCUT2D eigenvalue weighted by molar-refractivity contribution is 0.0706. The summed E-state index contributed by atoms with van der Waals surface area (Å²) >= 11 is 0. The van der Waals surface area contributed by atoms with Crippen LogP contribution in [0.4, 0.5) is 0 Å². The van der Waals surface area contributed by atoms with Crippen molar-refractivity contribution >= 4 is 29.2 Å². The average molecular weight is 414 g/mol. The topological polar surface area (TPSA) is 66.0 Å². The Balaban J connectivity index is 0.00000205. The van der Waals surface area contributed by atoms with Crippen LogP contribution < -0.4 is 5.32 Å². The van der Waals surface area contributed by atoms with Crippen LogP contribution >= 0.6 is 12.4 Å². The van der Waals surface area contributed by atoms with E-state index >= 15 is 0 Å².